The third-order valence-electron chi connectivity index (χ3n) is 2.97. The topological polar surface area (TPSA) is 12.5 Å². The third-order valence-corrected chi connectivity index (χ3v) is 3.76. The molecule has 0 aromatic heterocycles. The fraction of sp³-hybridized carbons (Fsp3) is 1.00. The van der Waals surface area contributed by atoms with Crippen molar-refractivity contribution in [2.75, 3.05) is 4.55 Å². The van der Waals surface area contributed by atoms with Gasteiger partial charge in [0.25, 0.3) is 0 Å². The summed E-state index contributed by atoms with van der Waals surface area (Å²) >= 11 is 2.43. The van der Waals surface area contributed by atoms with E-state index in [9.17, 15) is 0 Å². The van der Waals surface area contributed by atoms with Crippen LogP contribution in [0.3, 0.4) is 0 Å². The van der Waals surface area contributed by atoms with Gasteiger partial charge in [-0.2, -0.15) is 0 Å². The van der Waals surface area contributed by atoms with Crippen molar-refractivity contribution < 1.29 is 4.74 Å². The van der Waals surface area contributed by atoms with Gasteiger partial charge in [-0.05, 0) is 27.7 Å². The molecule has 72 valence electrons. The van der Waals surface area contributed by atoms with Gasteiger partial charge in [-0.3, -0.25) is 4.90 Å². The lowest BCUT2D eigenvalue weighted by Gasteiger charge is -2.45. The van der Waals surface area contributed by atoms with Gasteiger partial charge in [0.05, 0.1) is 16.8 Å². The summed E-state index contributed by atoms with van der Waals surface area (Å²) in [5, 5.41) is 0. The van der Waals surface area contributed by atoms with Crippen LogP contribution in [0.1, 0.15) is 27.7 Å². The van der Waals surface area contributed by atoms with Crippen molar-refractivity contribution in [2.24, 2.45) is 0 Å². The Kier molecular flexibility index (Phi) is 3.79. The molecule has 0 aromatic rings. The molecule has 4 unspecified atom stereocenters. The summed E-state index contributed by atoms with van der Waals surface area (Å²) in [5.74, 6) is 0. The van der Waals surface area contributed by atoms with Gasteiger partial charge in [0.2, 0.25) is 0 Å². The minimum atomic E-state index is 0.367. The Balaban J connectivity index is 2.67. The summed E-state index contributed by atoms with van der Waals surface area (Å²) in [4.78, 5) is 2.50. The molecule has 0 spiro atoms. The summed E-state index contributed by atoms with van der Waals surface area (Å²) in [6.45, 7) is 8.80. The lowest BCUT2D eigenvalue weighted by Crippen LogP contribution is -2.56. The Bertz CT molecular complexity index is 139. The van der Waals surface area contributed by atoms with Crippen molar-refractivity contribution >= 4 is 22.6 Å². The molecule has 0 bridgehead atoms. The zero-order chi connectivity index (χ0) is 9.30. The summed E-state index contributed by atoms with van der Waals surface area (Å²) in [5.41, 5.74) is 0. The number of morpholine rings is 1. The first kappa shape index (κ1) is 10.7. The van der Waals surface area contributed by atoms with E-state index in [-0.39, 0.29) is 0 Å². The van der Waals surface area contributed by atoms with Gasteiger partial charge < -0.3 is 4.74 Å². The van der Waals surface area contributed by atoms with Crippen LogP contribution >= 0.6 is 22.6 Å². The van der Waals surface area contributed by atoms with Crippen molar-refractivity contribution in [3.05, 3.63) is 0 Å². The molecule has 4 atom stereocenters. The van der Waals surface area contributed by atoms with E-state index in [0.29, 0.717) is 24.3 Å². The summed E-state index contributed by atoms with van der Waals surface area (Å²) < 4.78 is 6.89. The van der Waals surface area contributed by atoms with Gasteiger partial charge in [0.15, 0.2) is 0 Å². The molecule has 0 aromatic carbocycles. The van der Waals surface area contributed by atoms with Crippen LogP contribution in [0.15, 0.2) is 0 Å². The predicted octanol–water partition coefficient (Wildman–Crippen LogP) is 2.27. The zero-order valence-corrected chi connectivity index (χ0v) is 10.4. The molecule has 1 aliphatic rings. The Morgan fingerprint density at radius 3 is 1.83 bits per heavy atom. The van der Waals surface area contributed by atoms with Crippen LogP contribution in [0, 0.1) is 0 Å². The number of hydrogen-bond acceptors (Lipinski definition) is 2. The van der Waals surface area contributed by atoms with E-state index in [4.69, 9.17) is 4.74 Å². The molecule has 0 aliphatic carbocycles. The second-order valence-corrected chi connectivity index (χ2v) is 4.34. The Morgan fingerprint density at radius 2 is 1.50 bits per heavy atom. The molecule has 1 fully saturated rings. The molecule has 1 saturated heterocycles. The molecule has 1 aliphatic heterocycles. The molecule has 1 rings (SSSR count). The molecule has 0 N–H and O–H groups in total. The number of ether oxygens (including phenoxy) is 1. The number of hydrogen-bond donors (Lipinski definition) is 0. The lowest BCUT2D eigenvalue weighted by molar-refractivity contribution is -0.121. The lowest BCUT2D eigenvalue weighted by atomic mass is 10.0. The Hall–Kier alpha value is 0.650. The first-order chi connectivity index (χ1) is 5.57. The number of alkyl halides is 1. The zero-order valence-electron chi connectivity index (χ0n) is 8.25. The van der Waals surface area contributed by atoms with Crippen molar-refractivity contribution in [1.29, 1.82) is 0 Å². The second kappa shape index (κ2) is 4.24. The molecule has 0 radical (unpaired) electrons. The Morgan fingerprint density at radius 1 is 1.08 bits per heavy atom. The predicted molar refractivity (Wildman–Crippen MR) is 59.7 cm³/mol. The van der Waals surface area contributed by atoms with Gasteiger partial charge >= 0.3 is 0 Å². The van der Waals surface area contributed by atoms with Gasteiger partial charge in [-0.25, -0.2) is 0 Å². The van der Waals surface area contributed by atoms with E-state index in [2.05, 4.69) is 55.2 Å². The third kappa shape index (κ3) is 1.93. The van der Waals surface area contributed by atoms with E-state index >= 15 is 0 Å². The molecule has 3 heteroatoms. The van der Waals surface area contributed by atoms with E-state index in [1.807, 2.05) is 0 Å². The molecule has 12 heavy (non-hydrogen) atoms. The maximum Gasteiger partial charge on any atom is 0.0704 e. The van der Waals surface area contributed by atoms with Gasteiger partial charge in [-0.1, -0.05) is 22.6 Å². The Labute approximate surface area is 88.8 Å². The normalized spacial score (nSPS) is 44.8. The van der Waals surface area contributed by atoms with E-state index in [0.717, 1.165) is 4.55 Å². The maximum atomic E-state index is 5.80. The van der Waals surface area contributed by atoms with Crippen molar-refractivity contribution in [3.63, 3.8) is 0 Å². The highest BCUT2D eigenvalue weighted by Crippen LogP contribution is 2.23. The first-order valence-electron chi connectivity index (χ1n) is 4.55. The standard InChI is InChI=1S/C9H18INO/c1-6-8(3)12-9(4)7(2)11(6)5-10/h6-9H,5H2,1-4H3. The smallest absolute Gasteiger partial charge is 0.0704 e. The van der Waals surface area contributed by atoms with Crippen LogP contribution in [0.25, 0.3) is 0 Å². The van der Waals surface area contributed by atoms with E-state index < -0.39 is 0 Å². The molecular weight excluding hydrogens is 265 g/mol. The fourth-order valence-electron chi connectivity index (χ4n) is 1.69. The summed E-state index contributed by atoms with van der Waals surface area (Å²) in [7, 11) is 0. The molecule has 0 amide bonds. The van der Waals surface area contributed by atoms with Crippen LogP contribution in [-0.4, -0.2) is 33.7 Å². The number of rotatable bonds is 1. The minimum absolute atomic E-state index is 0.367. The largest absolute Gasteiger partial charge is 0.372 e. The highest BCUT2D eigenvalue weighted by atomic mass is 127. The maximum absolute atomic E-state index is 5.80. The SMILES string of the molecule is CC1OC(C)C(C)N(CI)C1C. The van der Waals surface area contributed by atoms with Crippen LogP contribution in [-0.2, 0) is 4.74 Å². The van der Waals surface area contributed by atoms with Gasteiger partial charge in [-0.15, -0.1) is 0 Å². The average Bonchev–Trinajstić information content (AvgIpc) is 2.02. The van der Waals surface area contributed by atoms with E-state index in [1.165, 1.54) is 0 Å². The fourth-order valence-corrected chi connectivity index (χ4v) is 2.94. The van der Waals surface area contributed by atoms with E-state index in [1.54, 1.807) is 0 Å². The molecule has 1 heterocycles. The monoisotopic (exact) mass is 283 g/mol. The first-order valence-corrected chi connectivity index (χ1v) is 6.07. The van der Waals surface area contributed by atoms with Gasteiger partial charge in [0, 0.05) is 12.1 Å². The highest BCUT2D eigenvalue weighted by molar-refractivity contribution is 14.1. The highest BCUT2D eigenvalue weighted by Gasteiger charge is 2.34. The number of nitrogens with zero attached hydrogens (tertiary/aromatic N) is 1. The second-order valence-electron chi connectivity index (χ2n) is 3.66. The van der Waals surface area contributed by atoms with Crippen LogP contribution in [0.4, 0.5) is 0 Å². The van der Waals surface area contributed by atoms with Crippen molar-refractivity contribution in [2.45, 2.75) is 52.0 Å². The molecule has 0 saturated carbocycles. The summed E-state index contributed by atoms with van der Waals surface area (Å²) in [6.07, 6.45) is 0.733. The summed E-state index contributed by atoms with van der Waals surface area (Å²) in [6, 6.07) is 1.10. The van der Waals surface area contributed by atoms with Crippen LogP contribution in [0.2, 0.25) is 0 Å². The van der Waals surface area contributed by atoms with Gasteiger partial charge in [0.1, 0.15) is 0 Å². The average molecular weight is 283 g/mol. The molecule has 2 nitrogen and oxygen atoms in total. The van der Waals surface area contributed by atoms with Crippen molar-refractivity contribution in [1.82, 2.24) is 4.90 Å². The number of halogens is 1. The van der Waals surface area contributed by atoms with Crippen LogP contribution < -0.4 is 0 Å². The van der Waals surface area contributed by atoms with Crippen molar-refractivity contribution in [3.8, 4) is 0 Å². The quantitative estimate of drug-likeness (QED) is 0.416. The minimum Gasteiger partial charge on any atom is -0.372 e. The van der Waals surface area contributed by atoms with Crippen LogP contribution in [0.5, 0.6) is 0 Å². The molecular formula is C9H18INO.